The first kappa shape index (κ1) is 27.0. The summed E-state index contributed by atoms with van der Waals surface area (Å²) in [6.45, 7) is 19.1. The zero-order valence-corrected chi connectivity index (χ0v) is 23.9. The quantitative estimate of drug-likeness (QED) is 0.252. The van der Waals surface area contributed by atoms with Crippen LogP contribution in [0.1, 0.15) is 148 Å². The first-order valence-electron chi connectivity index (χ1n) is 14.9. The van der Waals surface area contributed by atoms with Crippen LogP contribution in [-0.4, -0.2) is 0 Å². The predicted octanol–water partition coefficient (Wildman–Crippen LogP) is 9.24. The molecule has 0 saturated carbocycles. The molecule has 2 aromatic carbocycles. The Labute approximate surface area is 212 Å². The van der Waals surface area contributed by atoms with Crippen molar-refractivity contribution in [2.24, 2.45) is 0 Å². The van der Waals surface area contributed by atoms with Gasteiger partial charge >= 0.3 is 0 Å². The van der Waals surface area contributed by atoms with Crippen LogP contribution in [-0.2, 0) is 64.2 Å². The summed E-state index contributed by atoms with van der Waals surface area (Å²) < 4.78 is 0. The molecule has 1 aliphatic carbocycles. The van der Waals surface area contributed by atoms with Crippen molar-refractivity contribution in [2.75, 3.05) is 0 Å². The minimum atomic E-state index is 1.18. The lowest BCUT2D eigenvalue weighted by Crippen LogP contribution is -2.22. The van der Waals surface area contributed by atoms with Gasteiger partial charge in [0.2, 0.25) is 0 Å². The van der Waals surface area contributed by atoms with E-state index < -0.39 is 0 Å². The molecule has 0 N–H and O–H groups in total. The largest absolute Gasteiger partial charge is 0.0651 e. The monoisotopic (exact) mass is 460 g/mol. The van der Waals surface area contributed by atoms with Crippen LogP contribution in [0.25, 0.3) is 0 Å². The zero-order valence-electron chi connectivity index (χ0n) is 23.9. The average molecular weight is 461 g/mol. The second-order valence-electron chi connectivity index (χ2n) is 10.5. The highest BCUT2D eigenvalue weighted by Gasteiger charge is 2.30. The minimum absolute atomic E-state index is 1.18. The third-order valence-corrected chi connectivity index (χ3v) is 8.49. The average Bonchev–Trinajstić information content (AvgIpc) is 2.85. The summed E-state index contributed by atoms with van der Waals surface area (Å²) >= 11 is 0. The smallest absolute Gasteiger partial charge is 0.00142 e. The topological polar surface area (TPSA) is 0 Å². The normalized spacial score (nSPS) is 12.7. The third kappa shape index (κ3) is 4.76. The van der Waals surface area contributed by atoms with Crippen molar-refractivity contribution < 1.29 is 0 Å². The fourth-order valence-corrected chi connectivity index (χ4v) is 7.31. The van der Waals surface area contributed by atoms with E-state index in [1.54, 1.807) is 66.8 Å². The molecule has 0 heteroatoms. The van der Waals surface area contributed by atoms with E-state index in [9.17, 15) is 0 Å². The minimum Gasteiger partial charge on any atom is -0.0651 e. The lowest BCUT2D eigenvalue weighted by Gasteiger charge is -2.34. The van der Waals surface area contributed by atoms with Crippen LogP contribution in [0.3, 0.4) is 0 Å². The SMILES string of the molecule is CCCc1c(CCC)c(CCC)c2c(c1CCC)Cc1c(CC)c(CC)c(CC)c(CC)c1C2. The van der Waals surface area contributed by atoms with Crippen LogP contribution in [0.4, 0.5) is 0 Å². The van der Waals surface area contributed by atoms with E-state index in [2.05, 4.69) is 55.4 Å². The summed E-state index contributed by atoms with van der Waals surface area (Å²) in [4.78, 5) is 0. The molecule has 0 heterocycles. The Balaban J connectivity index is 2.41. The van der Waals surface area contributed by atoms with Gasteiger partial charge in [-0.05, 0) is 131 Å². The van der Waals surface area contributed by atoms with Crippen molar-refractivity contribution in [2.45, 2.75) is 145 Å². The van der Waals surface area contributed by atoms with Gasteiger partial charge in [0.1, 0.15) is 0 Å². The molecule has 3 rings (SSSR count). The summed E-state index contributed by atoms with van der Waals surface area (Å²) in [5.74, 6) is 0. The van der Waals surface area contributed by atoms with Crippen LogP contribution in [0.5, 0.6) is 0 Å². The molecular weight excluding hydrogens is 408 g/mol. The van der Waals surface area contributed by atoms with Gasteiger partial charge < -0.3 is 0 Å². The van der Waals surface area contributed by atoms with Crippen molar-refractivity contribution in [1.82, 2.24) is 0 Å². The standard InChI is InChI=1S/C34H52/c1-9-17-27-28(18-10-2)30(20-12-4)34-22-32-26(16-8)24(14-6)23(13-5)25(15-7)31(32)21-33(34)29(27)19-11-3/h9-22H2,1-8H3. The van der Waals surface area contributed by atoms with Gasteiger partial charge in [-0.25, -0.2) is 0 Å². The molecule has 0 spiro atoms. The number of hydrogen-bond donors (Lipinski definition) is 0. The number of fused-ring (bicyclic) bond motifs is 2. The summed E-state index contributed by atoms with van der Waals surface area (Å²) in [5, 5.41) is 0. The number of rotatable bonds is 12. The highest BCUT2D eigenvalue weighted by molar-refractivity contribution is 5.63. The molecule has 0 nitrogen and oxygen atoms in total. The Bertz CT molecular complexity index is 909. The van der Waals surface area contributed by atoms with E-state index in [-0.39, 0.29) is 0 Å². The van der Waals surface area contributed by atoms with Crippen molar-refractivity contribution in [1.29, 1.82) is 0 Å². The molecule has 188 valence electrons. The van der Waals surface area contributed by atoms with Gasteiger partial charge in [0.05, 0.1) is 0 Å². The Hall–Kier alpha value is -1.56. The summed E-state index contributed by atoms with van der Waals surface area (Å²) in [6.07, 6.45) is 17.2. The molecule has 1 aliphatic rings. The van der Waals surface area contributed by atoms with Gasteiger partial charge in [0, 0.05) is 0 Å². The second-order valence-corrected chi connectivity index (χ2v) is 10.5. The van der Waals surface area contributed by atoms with E-state index in [1.807, 2.05) is 0 Å². The molecule has 34 heavy (non-hydrogen) atoms. The summed E-state index contributed by atoms with van der Waals surface area (Å²) in [5.41, 5.74) is 20.8. The molecule has 0 saturated heterocycles. The molecule has 2 aromatic rings. The highest BCUT2D eigenvalue weighted by atomic mass is 14.3. The van der Waals surface area contributed by atoms with Gasteiger partial charge in [-0.1, -0.05) is 81.1 Å². The molecule has 0 radical (unpaired) electrons. The molecule has 0 aromatic heterocycles. The van der Waals surface area contributed by atoms with Gasteiger partial charge in [-0.2, -0.15) is 0 Å². The zero-order chi connectivity index (χ0) is 24.8. The molecular formula is C34H52. The Kier molecular flexibility index (Phi) is 9.87. The number of hydrogen-bond acceptors (Lipinski definition) is 0. The van der Waals surface area contributed by atoms with Gasteiger partial charge in [0.15, 0.2) is 0 Å². The third-order valence-electron chi connectivity index (χ3n) is 8.49. The van der Waals surface area contributed by atoms with Crippen LogP contribution < -0.4 is 0 Å². The molecule has 0 fully saturated rings. The molecule has 0 atom stereocenters. The van der Waals surface area contributed by atoms with Crippen molar-refractivity contribution in [3.8, 4) is 0 Å². The van der Waals surface area contributed by atoms with Gasteiger partial charge in [-0.3, -0.25) is 0 Å². The van der Waals surface area contributed by atoms with Crippen molar-refractivity contribution >= 4 is 0 Å². The Morgan fingerprint density at radius 2 is 0.588 bits per heavy atom. The molecule has 0 aliphatic heterocycles. The fourth-order valence-electron chi connectivity index (χ4n) is 7.31. The van der Waals surface area contributed by atoms with Crippen molar-refractivity contribution in [3.63, 3.8) is 0 Å². The maximum absolute atomic E-state index is 2.40. The first-order valence-corrected chi connectivity index (χ1v) is 14.9. The maximum atomic E-state index is 2.40. The summed E-state index contributed by atoms with van der Waals surface area (Å²) in [7, 11) is 0. The molecule has 0 unspecified atom stereocenters. The maximum Gasteiger partial charge on any atom is -0.00142 e. The Morgan fingerprint density at radius 1 is 0.324 bits per heavy atom. The summed E-state index contributed by atoms with van der Waals surface area (Å²) in [6, 6.07) is 0. The fraction of sp³-hybridized carbons (Fsp3) is 0.647. The van der Waals surface area contributed by atoms with Gasteiger partial charge in [-0.15, -0.1) is 0 Å². The molecule has 0 amide bonds. The van der Waals surface area contributed by atoms with Gasteiger partial charge in [0.25, 0.3) is 0 Å². The number of benzene rings is 2. The van der Waals surface area contributed by atoms with E-state index >= 15 is 0 Å². The predicted molar refractivity (Wildman–Crippen MR) is 152 cm³/mol. The van der Waals surface area contributed by atoms with Crippen LogP contribution in [0.15, 0.2) is 0 Å². The lowest BCUT2D eigenvalue weighted by atomic mass is 9.70. The molecule has 0 bridgehead atoms. The second kappa shape index (κ2) is 12.4. The lowest BCUT2D eigenvalue weighted by molar-refractivity contribution is 0.766. The van der Waals surface area contributed by atoms with E-state index in [0.717, 1.165) is 0 Å². The van der Waals surface area contributed by atoms with Crippen LogP contribution >= 0.6 is 0 Å². The highest BCUT2D eigenvalue weighted by Crippen LogP contribution is 2.42. The van der Waals surface area contributed by atoms with Crippen LogP contribution in [0.2, 0.25) is 0 Å². The van der Waals surface area contributed by atoms with E-state index in [1.165, 1.54) is 89.9 Å². The van der Waals surface area contributed by atoms with Crippen LogP contribution in [0, 0.1) is 0 Å². The van der Waals surface area contributed by atoms with Crippen molar-refractivity contribution in [3.05, 3.63) is 66.8 Å². The van der Waals surface area contributed by atoms with E-state index in [4.69, 9.17) is 0 Å². The first-order chi connectivity index (χ1) is 16.6. The Morgan fingerprint density at radius 3 is 0.853 bits per heavy atom. The van der Waals surface area contributed by atoms with E-state index in [0.29, 0.717) is 0 Å².